The Morgan fingerprint density at radius 1 is 1.40 bits per heavy atom. The van der Waals surface area contributed by atoms with Gasteiger partial charge in [0, 0.05) is 29.7 Å². The lowest BCUT2D eigenvalue weighted by Gasteiger charge is -2.30. The van der Waals surface area contributed by atoms with Crippen molar-refractivity contribution >= 4 is 33.4 Å². The van der Waals surface area contributed by atoms with Crippen molar-refractivity contribution in [3.63, 3.8) is 0 Å². The molecule has 1 aromatic carbocycles. The predicted octanol–water partition coefficient (Wildman–Crippen LogP) is 4.38. The molecular formula is C15H21BrClNO2. The molecule has 0 aliphatic rings. The predicted molar refractivity (Wildman–Crippen MR) is 86.4 cm³/mol. The molecule has 0 saturated carbocycles. The van der Waals surface area contributed by atoms with Crippen LogP contribution in [0.15, 0.2) is 22.7 Å². The van der Waals surface area contributed by atoms with Gasteiger partial charge in [-0.2, -0.15) is 0 Å². The molecule has 5 heteroatoms. The number of methoxy groups -OCH3 is 1. The van der Waals surface area contributed by atoms with Crippen LogP contribution in [0.25, 0.3) is 0 Å². The Bertz CT molecular complexity index is 449. The molecule has 0 saturated heterocycles. The first kappa shape index (κ1) is 17.5. The molecule has 1 amide bonds. The van der Waals surface area contributed by atoms with Crippen LogP contribution in [0.5, 0.6) is 0 Å². The maximum absolute atomic E-state index is 12.7. The van der Waals surface area contributed by atoms with Gasteiger partial charge >= 0.3 is 0 Å². The van der Waals surface area contributed by atoms with E-state index in [1.807, 2.05) is 4.90 Å². The summed E-state index contributed by atoms with van der Waals surface area (Å²) in [6.45, 7) is 5.33. The van der Waals surface area contributed by atoms with E-state index in [1.165, 1.54) is 0 Å². The summed E-state index contributed by atoms with van der Waals surface area (Å²) in [7, 11) is 1.65. The lowest BCUT2D eigenvalue weighted by molar-refractivity contribution is 0.0589. The topological polar surface area (TPSA) is 29.5 Å². The van der Waals surface area contributed by atoms with Crippen molar-refractivity contribution in [1.29, 1.82) is 0 Å². The fourth-order valence-electron chi connectivity index (χ4n) is 2.16. The van der Waals surface area contributed by atoms with Crippen molar-refractivity contribution in [1.82, 2.24) is 4.90 Å². The molecule has 0 atom stereocenters. The van der Waals surface area contributed by atoms with Crippen LogP contribution in [0, 0.1) is 0 Å². The Balaban J connectivity index is 2.99. The number of halogens is 2. The minimum Gasteiger partial charge on any atom is -0.383 e. The van der Waals surface area contributed by atoms with E-state index in [0.29, 0.717) is 23.7 Å². The zero-order valence-corrected chi connectivity index (χ0v) is 14.5. The molecule has 20 heavy (non-hydrogen) atoms. The van der Waals surface area contributed by atoms with E-state index in [-0.39, 0.29) is 11.9 Å². The van der Waals surface area contributed by atoms with Gasteiger partial charge in [0.25, 0.3) is 5.91 Å². The molecule has 1 rings (SSSR count). The molecule has 0 unspecified atom stereocenters. The summed E-state index contributed by atoms with van der Waals surface area (Å²) in [5.74, 6) is 0.0214. The maximum atomic E-state index is 12.7. The highest BCUT2D eigenvalue weighted by molar-refractivity contribution is 9.10. The molecule has 0 aromatic heterocycles. The van der Waals surface area contributed by atoms with Gasteiger partial charge in [0.05, 0.1) is 11.6 Å². The van der Waals surface area contributed by atoms with Crippen molar-refractivity contribution in [2.45, 2.75) is 32.7 Å². The Labute approximate surface area is 134 Å². The number of hydrogen-bond donors (Lipinski definition) is 0. The van der Waals surface area contributed by atoms with Gasteiger partial charge in [-0.15, -0.1) is 0 Å². The summed E-state index contributed by atoms with van der Waals surface area (Å²) in [5, 5.41) is 0.604. The average Bonchev–Trinajstić information content (AvgIpc) is 2.45. The summed E-state index contributed by atoms with van der Waals surface area (Å²) in [6, 6.07) is 5.50. The molecule has 0 N–H and O–H groups in total. The van der Waals surface area contributed by atoms with E-state index < -0.39 is 0 Å². The normalized spacial score (nSPS) is 10.9. The van der Waals surface area contributed by atoms with Crippen LogP contribution in [0.4, 0.5) is 0 Å². The summed E-state index contributed by atoms with van der Waals surface area (Å²) in [6.07, 6.45) is 1.86. The van der Waals surface area contributed by atoms with E-state index in [2.05, 4.69) is 29.8 Å². The second kappa shape index (κ2) is 8.65. The molecular weight excluding hydrogens is 342 g/mol. The third kappa shape index (κ3) is 4.47. The van der Waals surface area contributed by atoms with Crippen LogP contribution in [0.2, 0.25) is 5.02 Å². The van der Waals surface area contributed by atoms with Crippen molar-refractivity contribution in [3.05, 3.63) is 33.3 Å². The van der Waals surface area contributed by atoms with Gasteiger partial charge in [-0.3, -0.25) is 4.79 Å². The standard InChI is InChI=1S/C15H21BrClNO2/c1-4-12(5-2)18(8-9-20-3)15(19)11-6-7-14(17)13(16)10-11/h6-7,10,12H,4-5,8-9H2,1-3H3. The van der Waals surface area contributed by atoms with E-state index >= 15 is 0 Å². The smallest absolute Gasteiger partial charge is 0.254 e. The minimum atomic E-state index is 0.0214. The van der Waals surface area contributed by atoms with Gasteiger partial charge in [0.2, 0.25) is 0 Å². The molecule has 1 aromatic rings. The molecule has 0 fully saturated rings. The average molecular weight is 363 g/mol. The van der Waals surface area contributed by atoms with Crippen LogP contribution in [-0.2, 0) is 4.74 Å². The number of amides is 1. The van der Waals surface area contributed by atoms with Gasteiger partial charge in [0.15, 0.2) is 0 Å². The van der Waals surface area contributed by atoms with Gasteiger partial charge in [-0.1, -0.05) is 25.4 Å². The summed E-state index contributed by atoms with van der Waals surface area (Å²) in [4.78, 5) is 14.6. The molecule has 0 heterocycles. The van der Waals surface area contributed by atoms with Crippen molar-refractivity contribution < 1.29 is 9.53 Å². The summed E-state index contributed by atoms with van der Waals surface area (Å²) in [5.41, 5.74) is 0.643. The third-order valence-corrected chi connectivity index (χ3v) is 4.56. The Kier molecular flexibility index (Phi) is 7.56. The second-order valence-electron chi connectivity index (χ2n) is 4.59. The summed E-state index contributed by atoms with van der Waals surface area (Å²) >= 11 is 9.33. The van der Waals surface area contributed by atoms with Crippen LogP contribution < -0.4 is 0 Å². The molecule has 0 radical (unpaired) electrons. The fraction of sp³-hybridized carbons (Fsp3) is 0.533. The van der Waals surface area contributed by atoms with E-state index in [0.717, 1.165) is 17.3 Å². The van der Waals surface area contributed by atoms with E-state index in [4.69, 9.17) is 16.3 Å². The molecule has 0 bridgehead atoms. The molecule has 0 aliphatic carbocycles. The highest BCUT2D eigenvalue weighted by Crippen LogP contribution is 2.24. The number of carbonyl (C=O) groups excluding carboxylic acids is 1. The zero-order chi connectivity index (χ0) is 15.1. The Morgan fingerprint density at radius 3 is 2.55 bits per heavy atom. The minimum absolute atomic E-state index is 0.0214. The number of benzene rings is 1. The Morgan fingerprint density at radius 2 is 2.05 bits per heavy atom. The third-order valence-electron chi connectivity index (χ3n) is 3.35. The molecule has 3 nitrogen and oxygen atoms in total. The first-order valence-corrected chi connectivity index (χ1v) is 7.97. The number of nitrogens with zero attached hydrogens (tertiary/aromatic N) is 1. The van der Waals surface area contributed by atoms with Crippen LogP contribution >= 0.6 is 27.5 Å². The quantitative estimate of drug-likeness (QED) is 0.720. The van der Waals surface area contributed by atoms with Crippen LogP contribution in [-0.4, -0.2) is 37.1 Å². The van der Waals surface area contributed by atoms with Crippen LogP contribution in [0.3, 0.4) is 0 Å². The van der Waals surface area contributed by atoms with E-state index in [1.54, 1.807) is 25.3 Å². The first-order chi connectivity index (χ1) is 9.54. The fourth-order valence-corrected chi connectivity index (χ4v) is 2.66. The first-order valence-electron chi connectivity index (χ1n) is 6.80. The van der Waals surface area contributed by atoms with Gasteiger partial charge < -0.3 is 9.64 Å². The zero-order valence-electron chi connectivity index (χ0n) is 12.2. The number of rotatable bonds is 7. The molecule has 112 valence electrons. The maximum Gasteiger partial charge on any atom is 0.254 e. The largest absolute Gasteiger partial charge is 0.383 e. The van der Waals surface area contributed by atoms with Crippen molar-refractivity contribution in [2.24, 2.45) is 0 Å². The van der Waals surface area contributed by atoms with Crippen LogP contribution in [0.1, 0.15) is 37.0 Å². The van der Waals surface area contributed by atoms with E-state index in [9.17, 15) is 4.79 Å². The highest BCUT2D eigenvalue weighted by atomic mass is 79.9. The lowest BCUT2D eigenvalue weighted by Crippen LogP contribution is -2.41. The van der Waals surface area contributed by atoms with Gasteiger partial charge in [-0.25, -0.2) is 0 Å². The Hall–Kier alpha value is -0.580. The monoisotopic (exact) mass is 361 g/mol. The van der Waals surface area contributed by atoms with Crippen molar-refractivity contribution in [3.8, 4) is 0 Å². The van der Waals surface area contributed by atoms with Gasteiger partial charge in [0.1, 0.15) is 0 Å². The highest BCUT2D eigenvalue weighted by Gasteiger charge is 2.22. The second-order valence-corrected chi connectivity index (χ2v) is 5.85. The number of carbonyl (C=O) groups is 1. The summed E-state index contributed by atoms with van der Waals surface area (Å²) < 4.78 is 5.85. The number of ether oxygens (including phenoxy) is 1. The van der Waals surface area contributed by atoms with Gasteiger partial charge in [-0.05, 0) is 47.0 Å². The lowest BCUT2D eigenvalue weighted by atomic mass is 10.1. The molecule has 0 spiro atoms. The SMILES string of the molecule is CCC(CC)N(CCOC)C(=O)c1ccc(Cl)c(Br)c1. The molecule has 0 aliphatic heterocycles. The van der Waals surface area contributed by atoms with Crippen molar-refractivity contribution in [2.75, 3.05) is 20.3 Å². The number of hydrogen-bond acceptors (Lipinski definition) is 2.